The lowest BCUT2D eigenvalue weighted by Gasteiger charge is -2.18. The third kappa shape index (κ3) is 3.08. The maximum absolute atomic E-state index is 12.5. The summed E-state index contributed by atoms with van der Waals surface area (Å²) in [6.07, 6.45) is 0. The second-order valence-corrected chi connectivity index (χ2v) is 4.90. The molecule has 1 N–H and O–H groups in total. The van der Waals surface area contributed by atoms with Crippen molar-refractivity contribution in [3.8, 4) is 0 Å². The van der Waals surface area contributed by atoms with E-state index in [4.69, 9.17) is 11.6 Å². The quantitative estimate of drug-likeness (QED) is 0.881. The lowest BCUT2D eigenvalue weighted by atomic mass is 10.2. The number of carbonyl (C=O) groups is 1. The minimum Gasteiger partial charge on any atom is -0.373 e. The Labute approximate surface area is 123 Å². The minimum absolute atomic E-state index is 0.130. The molecule has 2 rings (SSSR count). The third-order valence-corrected chi connectivity index (χ3v) is 3.22. The van der Waals surface area contributed by atoms with Gasteiger partial charge in [0.25, 0.3) is 5.91 Å². The first-order chi connectivity index (χ1) is 9.51. The van der Waals surface area contributed by atoms with Crippen molar-refractivity contribution in [3.63, 3.8) is 0 Å². The number of rotatable bonds is 3. The van der Waals surface area contributed by atoms with Gasteiger partial charge in [0.15, 0.2) is 0 Å². The topological polar surface area (TPSA) is 45.2 Å². The average molecular weight is 290 g/mol. The molecule has 104 valence electrons. The molecule has 0 bridgehead atoms. The van der Waals surface area contributed by atoms with Gasteiger partial charge in [-0.15, -0.1) is 0 Å². The summed E-state index contributed by atoms with van der Waals surface area (Å²) in [5, 5.41) is 3.17. The van der Waals surface area contributed by atoms with Gasteiger partial charge < -0.3 is 10.2 Å². The zero-order chi connectivity index (χ0) is 14.7. The van der Waals surface area contributed by atoms with Crippen LogP contribution in [0, 0.1) is 6.92 Å². The standard InChI is InChI=1S/C15H16ClN3O/c1-10-4-6-12(7-5-10)19(3)15(20)11-8-13(16)18-14(9-11)17-2/h4-9H,1-3H3,(H,17,18). The van der Waals surface area contributed by atoms with Crippen LogP contribution < -0.4 is 10.2 Å². The van der Waals surface area contributed by atoms with Gasteiger partial charge in [-0.1, -0.05) is 29.3 Å². The van der Waals surface area contributed by atoms with Crippen molar-refractivity contribution >= 4 is 29.0 Å². The van der Waals surface area contributed by atoms with Crippen LogP contribution in [-0.4, -0.2) is 25.0 Å². The van der Waals surface area contributed by atoms with Crippen molar-refractivity contribution in [2.24, 2.45) is 0 Å². The monoisotopic (exact) mass is 289 g/mol. The fourth-order valence-electron chi connectivity index (χ4n) is 1.83. The number of amides is 1. The van der Waals surface area contributed by atoms with Crippen molar-refractivity contribution in [3.05, 3.63) is 52.7 Å². The highest BCUT2D eigenvalue weighted by atomic mass is 35.5. The number of pyridine rings is 1. The number of hydrogen-bond acceptors (Lipinski definition) is 3. The van der Waals surface area contributed by atoms with Gasteiger partial charge in [0.2, 0.25) is 0 Å². The Balaban J connectivity index is 2.30. The van der Waals surface area contributed by atoms with Gasteiger partial charge in [0.1, 0.15) is 11.0 Å². The number of nitrogens with one attached hydrogen (secondary N) is 1. The van der Waals surface area contributed by atoms with Gasteiger partial charge in [-0.2, -0.15) is 0 Å². The smallest absolute Gasteiger partial charge is 0.258 e. The number of anilines is 2. The minimum atomic E-state index is -0.130. The molecule has 0 fully saturated rings. The summed E-state index contributed by atoms with van der Waals surface area (Å²) in [5.41, 5.74) is 2.48. The van der Waals surface area contributed by atoms with Gasteiger partial charge in [0.05, 0.1) is 0 Å². The Bertz CT molecular complexity index is 626. The molecule has 1 amide bonds. The molecular formula is C15H16ClN3O. The van der Waals surface area contributed by atoms with E-state index in [1.807, 2.05) is 31.2 Å². The summed E-state index contributed by atoms with van der Waals surface area (Å²) >= 11 is 5.92. The molecule has 4 nitrogen and oxygen atoms in total. The number of nitrogens with zero attached hydrogens (tertiary/aromatic N) is 2. The fraction of sp³-hybridized carbons (Fsp3) is 0.200. The summed E-state index contributed by atoms with van der Waals surface area (Å²) < 4.78 is 0. The van der Waals surface area contributed by atoms with Crippen molar-refractivity contribution < 1.29 is 4.79 Å². The number of hydrogen-bond donors (Lipinski definition) is 1. The molecule has 2 aromatic rings. The van der Waals surface area contributed by atoms with E-state index in [-0.39, 0.29) is 11.1 Å². The number of halogens is 1. The van der Waals surface area contributed by atoms with Crippen molar-refractivity contribution in [1.82, 2.24) is 4.98 Å². The lowest BCUT2D eigenvalue weighted by Crippen LogP contribution is -2.26. The van der Waals surface area contributed by atoms with Crippen LogP contribution in [0.3, 0.4) is 0 Å². The van der Waals surface area contributed by atoms with Gasteiger partial charge in [-0.05, 0) is 31.2 Å². The molecule has 1 aromatic heterocycles. The predicted octanol–water partition coefficient (Wildman–Crippen LogP) is 3.36. The van der Waals surface area contributed by atoms with E-state index in [9.17, 15) is 4.79 Å². The summed E-state index contributed by atoms with van der Waals surface area (Å²) in [5.74, 6) is 0.438. The van der Waals surface area contributed by atoms with Crippen molar-refractivity contribution in [2.75, 3.05) is 24.3 Å². The fourth-order valence-corrected chi connectivity index (χ4v) is 2.04. The first kappa shape index (κ1) is 14.3. The summed E-state index contributed by atoms with van der Waals surface area (Å²) in [6, 6.07) is 11.0. The Kier molecular flexibility index (Phi) is 4.25. The molecule has 0 atom stereocenters. The lowest BCUT2D eigenvalue weighted by molar-refractivity contribution is 0.0993. The van der Waals surface area contributed by atoms with Crippen LogP contribution in [0.15, 0.2) is 36.4 Å². The normalized spacial score (nSPS) is 10.2. The Hall–Kier alpha value is -2.07. The zero-order valence-electron chi connectivity index (χ0n) is 11.6. The van der Waals surface area contributed by atoms with Crippen LogP contribution in [-0.2, 0) is 0 Å². The molecule has 1 aromatic carbocycles. The molecule has 0 aliphatic carbocycles. The number of benzene rings is 1. The molecule has 0 saturated heterocycles. The van der Waals surface area contributed by atoms with Gasteiger partial charge in [-0.25, -0.2) is 4.98 Å². The van der Waals surface area contributed by atoms with E-state index < -0.39 is 0 Å². The molecule has 0 saturated carbocycles. The van der Waals surface area contributed by atoms with Crippen molar-refractivity contribution in [1.29, 1.82) is 0 Å². The second-order valence-electron chi connectivity index (χ2n) is 4.51. The number of carbonyl (C=O) groups excluding carboxylic acids is 1. The molecule has 0 aliphatic heterocycles. The van der Waals surface area contributed by atoms with Crippen molar-refractivity contribution in [2.45, 2.75) is 6.92 Å². The number of aryl methyl sites for hydroxylation is 1. The second kappa shape index (κ2) is 5.92. The predicted molar refractivity (Wildman–Crippen MR) is 82.7 cm³/mol. The van der Waals surface area contributed by atoms with Crippen LogP contribution in [0.2, 0.25) is 5.15 Å². The number of aromatic nitrogens is 1. The molecule has 5 heteroatoms. The first-order valence-electron chi connectivity index (χ1n) is 6.21. The molecule has 0 unspecified atom stereocenters. The SMILES string of the molecule is CNc1cc(C(=O)N(C)c2ccc(C)cc2)cc(Cl)n1. The highest BCUT2D eigenvalue weighted by Gasteiger charge is 2.15. The highest BCUT2D eigenvalue weighted by molar-refractivity contribution is 6.30. The van der Waals surface area contributed by atoms with Crippen LogP contribution in [0.5, 0.6) is 0 Å². The van der Waals surface area contributed by atoms with Gasteiger partial charge >= 0.3 is 0 Å². The summed E-state index contributed by atoms with van der Waals surface area (Å²) in [6.45, 7) is 2.01. The van der Waals surface area contributed by atoms with Gasteiger partial charge in [-0.3, -0.25) is 4.79 Å². The summed E-state index contributed by atoms with van der Waals surface area (Å²) in [7, 11) is 3.47. The first-order valence-corrected chi connectivity index (χ1v) is 6.59. The van der Waals surface area contributed by atoms with E-state index >= 15 is 0 Å². The van der Waals surface area contributed by atoms with Crippen LogP contribution >= 0.6 is 11.6 Å². The van der Waals surface area contributed by atoms with Crippen LogP contribution in [0.1, 0.15) is 15.9 Å². The molecule has 1 heterocycles. The average Bonchev–Trinajstić information content (AvgIpc) is 2.45. The van der Waals surface area contributed by atoms with Crippen LogP contribution in [0.25, 0.3) is 0 Å². The highest BCUT2D eigenvalue weighted by Crippen LogP contribution is 2.19. The Morgan fingerprint density at radius 1 is 1.25 bits per heavy atom. The van der Waals surface area contributed by atoms with Gasteiger partial charge in [0, 0.05) is 25.3 Å². The van der Waals surface area contributed by atoms with Crippen LogP contribution in [0.4, 0.5) is 11.5 Å². The molecule has 20 heavy (non-hydrogen) atoms. The third-order valence-electron chi connectivity index (χ3n) is 3.02. The van der Waals surface area contributed by atoms with E-state index in [1.165, 1.54) is 0 Å². The Morgan fingerprint density at radius 2 is 1.90 bits per heavy atom. The molecule has 0 radical (unpaired) electrons. The van der Waals surface area contributed by atoms with E-state index in [0.29, 0.717) is 11.4 Å². The summed E-state index contributed by atoms with van der Waals surface area (Å²) in [4.78, 5) is 18.1. The molecule has 0 aliphatic rings. The van der Waals surface area contributed by atoms with E-state index in [2.05, 4.69) is 10.3 Å². The van der Waals surface area contributed by atoms with E-state index in [0.717, 1.165) is 11.3 Å². The molecule has 0 spiro atoms. The maximum Gasteiger partial charge on any atom is 0.258 e. The van der Waals surface area contributed by atoms with E-state index in [1.54, 1.807) is 31.1 Å². The molecular weight excluding hydrogens is 274 g/mol. The zero-order valence-corrected chi connectivity index (χ0v) is 12.4. The maximum atomic E-state index is 12.5. The largest absolute Gasteiger partial charge is 0.373 e. The Morgan fingerprint density at radius 3 is 2.50 bits per heavy atom.